The molecule has 1 atom stereocenters. The molecule has 2 amide bonds. The van der Waals surface area contributed by atoms with Gasteiger partial charge in [-0.15, -0.1) is 0 Å². The van der Waals surface area contributed by atoms with E-state index in [0.29, 0.717) is 29.3 Å². The van der Waals surface area contributed by atoms with Gasteiger partial charge in [-0.05, 0) is 48.9 Å². The number of nitrogens with zero attached hydrogens (tertiary/aromatic N) is 1. The van der Waals surface area contributed by atoms with E-state index in [1.165, 1.54) is 4.90 Å². The molecular weight excluding hydrogens is 348 g/mol. The summed E-state index contributed by atoms with van der Waals surface area (Å²) < 4.78 is 5.37. The van der Waals surface area contributed by atoms with Gasteiger partial charge in [-0.2, -0.15) is 0 Å². The molecule has 0 aliphatic carbocycles. The average molecular weight is 368 g/mol. The van der Waals surface area contributed by atoms with Crippen molar-refractivity contribution in [2.24, 2.45) is 0 Å². The first-order valence-electron chi connectivity index (χ1n) is 8.65. The van der Waals surface area contributed by atoms with Crippen LogP contribution < -0.4 is 15.0 Å². The Bertz CT molecular complexity index is 846. The van der Waals surface area contributed by atoms with Crippen molar-refractivity contribution in [3.05, 3.63) is 54.1 Å². The van der Waals surface area contributed by atoms with E-state index in [2.05, 4.69) is 5.32 Å². The molecule has 7 heteroatoms. The number of hydrogen-bond acceptors (Lipinski definition) is 5. The first-order valence-corrected chi connectivity index (χ1v) is 8.65. The summed E-state index contributed by atoms with van der Waals surface area (Å²) in [5.74, 6) is -0.822. The first-order chi connectivity index (χ1) is 13.0. The maximum atomic E-state index is 12.7. The molecule has 2 aromatic carbocycles. The summed E-state index contributed by atoms with van der Waals surface area (Å²) in [5.41, 5.74) is 1.83. The number of amides is 2. The topological polar surface area (TPSA) is 95.9 Å². The van der Waals surface area contributed by atoms with E-state index in [1.54, 1.807) is 48.5 Å². The third kappa shape index (κ3) is 4.25. The predicted octanol–water partition coefficient (Wildman–Crippen LogP) is 2.46. The first kappa shape index (κ1) is 18.4. The highest BCUT2D eigenvalue weighted by Gasteiger charge is 2.39. The summed E-state index contributed by atoms with van der Waals surface area (Å²) in [6.45, 7) is 2.42. The fraction of sp³-hybridized carbons (Fsp3) is 0.250. The summed E-state index contributed by atoms with van der Waals surface area (Å²) in [7, 11) is 0. The van der Waals surface area contributed by atoms with Crippen molar-refractivity contribution >= 4 is 29.2 Å². The minimum atomic E-state index is -0.904. The maximum absolute atomic E-state index is 12.7. The van der Waals surface area contributed by atoms with E-state index in [0.717, 1.165) is 0 Å². The molecule has 1 aliphatic rings. The Balaban J connectivity index is 1.69. The zero-order chi connectivity index (χ0) is 19.4. The molecule has 0 aromatic heterocycles. The smallest absolute Gasteiger partial charge is 0.307 e. The van der Waals surface area contributed by atoms with Gasteiger partial charge in [-0.1, -0.05) is 12.1 Å². The number of ether oxygens (including phenoxy) is 1. The van der Waals surface area contributed by atoms with Gasteiger partial charge in [-0.25, -0.2) is 4.90 Å². The van der Waals surface area contributed by atoms with Crippen LogP contribution in [0.3, 0.4) is 0 Å². The number of carboxylic acid groups (broad SMARTS) is 1. The second-order valence-electron chi connectivity index (χ2n) is 6.16. The molecule has 0 spiro atoms. The van der Waals surface area contributed by atoms with Crippen LogP contribution in [-0.2, 0) is 20.8 Å². The van der Waals surface area contributed by atoms with Gasteiger partial charge in [0.2, 0.25) is 5.91 Å². The van der Waals surface area contributed by atoms with Crippen molar-refractivity contribution in [2.45, 2.75) is 25.8 Å². The molecule has 0 radical (unpaired) electrons. The Labute approximate surface area is 156 Å². The third-order valence-corrected chi connectivity index (χ3v) is 4.20. The quantitative estimate of drug-likeness (QED) is 0.729. The number of benzene rings is 2. The molecule has 1 heterocycles. The number of rotatable bonds is 7. The van der Waals surface area contributed by atoms with Gasteiger partial charge in [0, 0.05) is 5.69 Å². The van der Waals surface area contributed by atoms with Crippen LogP contribution in [0.4, 0.5) is 11.4 Å². The van der Waals surface area contributed by atoms with E-state index < -0.39 is 12.0 Å². The van der Waals surface area contributed by atoms with Gasteiger partial charge >= 0.3 is 5.97 Å². The monoisotopic (exact) mass is 368 g/mol. The summed E-state index contributed by atoms with van der Waals surface area (Å²) in [4.78, 5) is 36.9. The number of imide groups is 1. The number of nitrogens with one attached hydrogen (secondary N) is 1. The van der Waals surface area contributed by atoms with Crippen molar-refractivity contribution in [1.29, 1.82) is 0 Å². The van der Waals surface area contributed by atoms with Gasteiger partial charge < -0.3 is 15.2 Å². The van der Waals surface area contributed by atoms with Crippen LogP contribution in [0.15, 0.2) is 48.5 Å². The van der Waals surface area contributed by atoms with Crippen molar-refractivity contribution in [2.75, 3.05) is 16.8 Å². The summed E-state index contributed by atoms with van der Waals surface area (Å²) in [5, 5.41) is 11.9. The van der Waals surface area contributed by atoms with Crippen molar-refractivity contribution in [3.63, 3.8) is 0 Å². The van der Waals surface area contributed by atoms with E-state index in [9.17, 15) is 14.4 Å². The normalized spacial score (nSPS) is 16.5. The molecule has 27 heavy (non-hydrogen) atoms. The van der Waals surface area contributed by atoms with Crippen LogP contribution in [0.25, 0.3) is 0 Å². The number of hydrogen-bond donors (Lipinski definition) is 2. The molecule has 2 N–H and O–H groups in total. The highest BCUT2D eigenvalue weighted by molar-refractivity contribution is 6.23. The van der Waals surface area contributed by atoms with Gasteiger partial charge in [0.15, 0.2) is 0 Å². The average Bonchev–Trinajstić information content (AvgIpc) is 2.91. The largest absolute Gasteiger partial charge is 0.494 e. The Morgan fingerprint density at radius 1 is 1.15 bits per heavy atom. The maximum Gasteiger partial charge on any atom is 0.307 e. The van der Waals surface area contributed by atoms with E-state index in [-0.39, 0.29) is 24.7 Å². The van der Waals surface area contributed by atoms with Gasteiger partial charge in [0.1, 0.15) is 11.8 Å². The van der Waals surface area contributed by atoms with Crippen LogP contribution in [0.1, 0.15) is 18.9 Å². The standard InChI is InChI=1S/C20H20N2O5/c1-2-27-16-9-7-15(8-10-16)22-18(23)12-17(20(22)26)21-14-5-3-13(4-6-14)11-19(24)25/h3-10,17,21H,2,11-12H2,1H3,(H,24,25)/t17-/m0/s1. The van der Waals surface area contributed by atoms with Crippen LogP contribution in [-0.4, -0.2) is 35.5 Å². The molecule has 1 aliphatic heterocycles. The molecule has 0 saturated carbocycles. The lowest BCUT2D eigenvalue weighted by molar-refractivity contribution is -0.136. The summed E-state index contributed by atoms with van der Waals surface area (Å²) in [6, 6.07) is 12.9. The summed E-state index contributed by atoms with van der Waals surface area (Å²) >= 11 is 0. The fourth-order valence-electron chi connectivity index (χ4n) is 2.97. The Kier molecular flexibility index (Phi) is 5.40. The van der Waals surface area contributed by atoms with Gasteiger partial charge in [0.25, 0.3) is 5.91 Å². The van der Waals surface area contributed by atoms with Crippen LogP contribution in [0.5, 0.6) is 5.75 Å². The zero-order valence-corrected chi connectivity index (χ0v) is 14.8. The van der Waals surface area contributed by atoms with Crippen LogP contribution in [0, 0.1) is 0 Å². The lowest BCUT2D eigenvalue weighted by Gasteiger charge is -2.16. The van der Waals surface area contributed by atoms with Gasteiger partial charge in [0.05, 0.1) is 25.1 Å². The summed E-state index contributed by atoms with van der Waals surface area (Å²) in [6.07, 6.45) is -0.00440. The lowest BCUT2D eigenvalue weighted by Crippen LogP contribution is -2.34. The van der Waals surface area contributed by atoms with Crippen molar-refractivity contribution in [3.8, 4) is 5.75 Å². The zero-order valence-electron chi connectivity index (χ0n) is 14.8. The Morgan fingerprint density at radius 3 is 2.41 bits per heavy atom. The molecule has 140 valence electrons. The molecule has 7 nitrogen and oxygen atoms in total. The van der Waals surface area contributed by atoms with Gasteiger partial charge in [-0.3, -0.25) is 14.4 Å². The molecule has 0 bridgehead atoms. The lowest BCUT2D eigenvalue weighted by atomic mass is 10.1. The number of aliphatic carboxylic acids is 1. The number of carboxylic acids is 1. The Hall–Kier alpha value is -3.35. The van der Waals surface area contributed by atoms with E-state index >= 15 is 0 Å². The number of carbonyl (C=O) groups is 3. The SMILES string of the molecule is CCOc1ccc(N2C(=O)C[C@H](Nc3ccc(CC(=O)O)cc3)C2=O)cc1. The molecular formula is C20H20N2O5. The third-order valence-electron chi connectivity index (χ3n) is 4.20. The van der Waals surface area contributed by atoms with Crippen LogP contribution in [0.2, 0.25) is 0 Å². The Morgan fingerprint density at radius 2 is 1.81 bits per heavy atom. The van der Waals surface area contributed by atoms with Crippen LogP contribution >= 0.6 is 0 Å². The molecule has 3 rings (SSSR count). The fourth-order valence-corrected chi connectivity index (χ4v) is 2.97. The highest BCUT2D eigenvalue weighted by Crippen LogP contribution is 2.27. The molecule has 0 unspecified atom stereocenters. The highest BCUT2D eigenvalue weighted by atomic mass is 16.5. The number of carbonyl (C=O) groups excluding carboxylic acids is 2. The predicted molar refractivity (Wildman–Crippen MR) is 99.9 cm³/mol. The van der Waals surface area contributed by atoms with E-state index in [1.807, 2.05) is 6.92 Å². The molecule has 1 fully saturated rings. The second-order valence-corrected chi connectivity index (χ2v) is 6.16. The van der Waals surface area contributed by atoms with Crippen molar-refractivity contribution < 1.29 is 24.2 Å². The minimum absolute atomic E-state index is 0.0585. The molecule has 2 aromatic rings. The second kappa shape index (κ2) is 7.90. The minimum Gasteiger partial charge on any atom is -0.494 e. The van der Waals surface area contributed by atoms with Crippen molar-refractivity contribution in [1.82, 2.24) is 0 Å². The van der Waals surface area contributed by atoms with E-state index in [4.69, 9.17) is 9.84 Å². The number of anilines is 2. The molecule has 1 saturated heterocycles.